The van der Waals surface area contributed by atoms with Crippen LogP contribution in [0.4, 0.5) is 0 Å². The Hall–Kier alpha value is -0.160. The third kappa shape index (κ3) is 16.2. The van der Waals surface area contributed by atoms with Crippen LogP contribution in [0.15, 0.2) is 0 Å². The third-order valence-corrected chi connectivity index (χ3v) is 3.91. The SMILES string of the molecule is C[N+](C)(C)CCCN(CCC[N+](C)(C)C)CCC[N+](C)(C)C. The molecule has 0 spiro atoms. The zero-order chi connectivity index (χ0) is 17.4. The molecule has 0 aromatic heterocycles. The summed E-state index contributed by atoms with van der Waals surface area (Å²) in [6.07, 6.45) is 3.91. The predicted molar refractivity (Wildman–Crippen MR) is 99.0 cm³/mol. The van der Waals surface area contributed by atoms with Crippen LogP contribution in [0.1, 0.15) is 19.3 Å². The van der Waals surface area contributed by atoms with Crippen molar-refractivity contribution in [1.82, 2.24) is 4.90 Å². The molecule has 0 rings (SSSR count). The molecule has 0 radical (unpaired) electrons. The molecule has 4 nitrogen and oxygen atoms in total. The highest BCUT2D eigenvalue weighted by Crippen LogP contribution is 2.03. The van der Waals surface area contributed by atoms with E-state index in [0.29, 0.717) is 0 Å². The Morgan fingerprint density at radius 1 is 0.455 bits per heavy atom. The van der Waals surface area contributed by atoms with Gasteiger partial charge in [-0.1, -0.05) is 0 Å². The van der Waals surface area contributed by atoms with Gasteiger partial charge < -0.3 is 18.3 Å². The molecule has 134 valence electrons. The monoisotopic (exact) mass is 317 g/mol. The Labute approximate surface area is 141 Å². The molecular formula is C18H45N4+3. The number of rotatable bonds is 12. The first kappa shape index (κ1) is 21.8. The maximum absolute atomic E-state index is 2.70. The Balaban J connectivity index is 4.19. The largest absolute Gasteiger partial charge is 0.331 e. The van der Waals surface area contributed by atoms with Crippen LogP contribution in [0.3, 0.4) is 0 Å². The summed E-state index contributed by atoms with van der Waals surface area (Å²) in [5, 5.41) is 0. The van der Waals surface area contributed by atoms with Crippen molar-refractivity contribution in [3.63, 3.8) is 0 Å². The summed E-state index contributed by atoms with van der Waals surface area (Å²) in [4.78, 5) is 2.70. The maximum atomic E-state index is 2.70. The van der Waals surface area contributed by atoms with E-state index in [0.717, 1.165) is 13.4 Å². The van der Waals surface area contributed by atoms with Gasteiger partial charge in [0.15, 0.2) is 0 Å². The van der Waals surface area contributed by atoms with E-state index in [1.807, 2.05) is 0 Å². The molecule has 0 heterocycles. The molecule has 0 aliphatic carbocycles. The van der Waals surface area contributed by atoms with E-state index in [-0.39, 0.29) is 0 Å². The van der Waals surface area contributed by atoms with Crippen LogP contribution in [0, 0.1) is 0 Å². The average molecular weight is 318 g/mol. The molecule has 0 fully saturated rings. The topological polar surface area (TPSA) is 3.24 Å². The second kappa shape index (κ2) is 9.21. The summed E-state index contributed by atoms with van der Waals surface area (Å²) in [5.74, 6) is 0. The molecular weight excluding hydrogens is 272 g/mol. The second-order valence-corrected chi connectivity index (χ2v) is 9.94. The Morgan fingerprint density at radius 2 is 0.682 bits per heavy atom. The number of quaternary nitrogens is 3. The molecule has 0 saturated heterocycles. The van der Waals surface area contributed by atoms with Gasteiger partial charge >= 0.3 is 0 Å². The number of hydrogen-bond donors (Lipinski definition) is 0. The predicted octanol–water partition coefficient (Wildman–Crippen LogP) is 1.58. The minimum atomic E-state index is 1.08. The van der Waals surface area contributed by atoms with Crippen molar-refractivity contribution < 1.29 is 13.4 Å². The lowest BCUT2D eigenvalue weighted by atomic mass is 10.2. The molecule has 0 bridgehead atoms. The second-order valence-electron chi connectivity index (χ2n) is 9.94. The van der Waals surface area contributed by atoms with Gasteiger partial charge in [-0.05, 0) is 0 Å². The van der Waals surface area contributed by atoms with Gasteiger partial charge in [-0.25, -0.2) is 0 Å². The van der Waals surface area contributed by atoms with E-state index in [9.17, 15) is 0 Å². The lowest BCUT2D eigenvalue weighted by molar-refractivity contribution is -0.871. The molecule has 0 N–H and O–H groups in total. The van der Waals surface area contributed by atoms with Crippen LogP contribution in [0.2, 0.25) is 0 Å². The van der Waals surface area contributed by atoms with Crippen LogP contribution in [0.5, 0.6) is 0 Å². The summed E-state index contributed by atoms with van der Waals surface area (Å²) in [6.45, 7) is 7.56. The van der Waals surface area contributed by atoms with Crippen molar-refractivity contribution in [2.24, 2.45) is 0 Å². The highest BCUT2D eigenvalue weighted by atomic mass is 15.3. The zero-order valence-corrected chi connectivity index (χ0v) is 17.2. The molecule has 0 aromatic carbocycles. The molecule has 22 heavy (non-hydrogen) atoms. The standard InChI is InChI=1S/C18H45N4/c1-20(2,3)16-10-13-19(14-11-17-21(4,5)6)15-12-18-22(7,8)9/h10-18H2,1-9H3/q+3. The quantitative estimate of drug-likeness (QED) is 0.494. The first-order valence-corrected chi connectivity index (χ1v) is 8.92. The lowest BCUT2D eigenvalue weighted by Crippen LogP contribution is -2.41. The van der Waals surface area contributed by atoms with Gasteiger partial charge in [0, 0.05) is 38.9 Å². The van der Waals surface area contributed by atoms with Gasteiger partial charge in [0.25, 0.3) is 0 Å². The normalized spacial score (nSPS) is 13.9. The van der Waals surface area contributed by atoms with Crippen LogP contribution in [-0.2, 0) is 0 Å². The maximum Gasteiger partial charge on any atom is 0.0792 e. The molecule has 0 aromatic rings. The summed E-state index contributed by atoms with van der Waals surface area (Å²) < 4.78 is 3.22. The Morgan fingerprint density at radius 3 is 0.864 bits per heavy atom. The number of nitrogens with zero attached hydrogens (tertiary/aromatic N) is 4. The summed E-state index contributed by atoms with van der Waals surface area (Å²) in [5.41, 5.74) is 0. The lowest BCUT2D eigenvalue weighted by Gasteiger charge is -2.30. The molecule has 4 heteroatoms. The minimum absolute atomic E-state index is 1.08. The molecule has 0 atom stereocenters. The van der Waals surface area contributed by atoms with Crippen molar-refractivity contribution in [3.8, 4) is 0 Å². The fraction of sp³-hybridized carbons (Fsp3) is 1.00. The minimum Gasteiger partial charge on any atom is -0.331 e. The first-order chi connectivity index (χ1) is 9.79. The summed E-state index contributed by atoms with van der Waals surface area (Å²) in [7, 11) is 20.6. The van der Waals surface area contributed by atoms with Gasteiger partial charge in [0.05, 0.1) is 83.1 Å². The van der Waals surface area contributed by atoms with E-state index in [1.165, 1.54) is 58.5 Å². The van der Waals surface area contributed by atoms with Crippen LogP contribution < -0.4 is 0 Å². The van der Waals surface area contributed by atoms with E-state index in [1.54, 1.807) is 0 Å². The van der Waals surface area contributed by atoms with Crippen LogP contribution in [-0.4, -0.2) is 121 Å². The molecule has 0 saturated carbocycles. The van der Waals surface area contributed by atoms with Gasteiger partial charge in [-0.2, -0.15) is 0 Å². The average Bonchev–Trinajstić information content (AvgIpc) is 2.23. The van der Waals surface area contributed by atoms with E-state index < -0.39 is 0 Å². The third-order valence-electron chi connectivity index (χ3n) is 3.91. The summed E-state index contributed by atoms with van der Waals surface area (Å²) in [6, 6.07) is 0. The van der Waals surface area contributed by atoms with E-state index >= 15 is 0 Å². The van der Waals surface area contributed by atoms with Crippen molar-refractivity contribution in [2.75, 3.05) is 103 Å². The van der Waals surface area contributed by atoms with Gasteiger partial charge in [0.1, 0.15) is 0 Å². The van der Waals surface area contributed by atoms with Crippen molar-refractivity contribution in [2.45, 2.75) is 19.3 Å². The van der Waals surface area contributed by atoms with Crippen LogP contribution in [0.25, 0.3) is 0 Å². The van der Waals surface area contributed by atoms with Crippen molar-refractivity contribution >= 4 is 0 Å². The fourth-order valence-corrected chi connectivity index (χ4v) is 2.64. The molecule has 0 aliphatic heterocycles. The van der Waals surface area contributed by atoms with Crippen molar-refractivity contribution in [3.05, 3.63) is 0 Å². The summed E-state index contributed by atoms with van der Waals surface area (Å²) >= 11 is 0. The molecule has 0 amide bonds. The van der Waals surface area contributed by atoms with E-state index in [4.69, 9.17) is 0 Å². The molecule has 0 aliphatic rings. The smallest absolute Gasteiger partial charge is 0.0792 e. The molecule has 0 unspecified atom stereocenters. The van der Waals surface area contributed by atoms with Gasteiger partial charge in [-0.3, -0.25) is 0 Å². The van der Waals surface area contributed by atoms with Crippen LogP contribution >= 0.6 is 0 Å². The van der Waals surface area contributed by atoms with Gasteiger partial charge in [-0.15, -0.1) is 0 Å². The highest BCUT2D eigenvalue weighted by molar-refractivity contribution is 4.58. The zero-order valence-electron chi connectivity index (χ0n) is 17.2. The van der Waals surface area contributed by atoms with Gasteiger partial charge in [0.2, 0.25) is 0 Å². The Bertz CT molecular complexity index is 233. The first-order valence-electron chi connectivity index (χ1n) is 8.92. The van der Waals surface area contributed by atoms with E-state index in [2.05, 4.69) is 68.3 Å². The highest BCUT2D eigenvalue weighted by Gasteiger charge is 2.14. The fourth-order valence-electron chi connectivity index (χ4n) is 2.64. The Kier molecular flexibility index (Phi) is 9.15. The number of hydrogen-bond acceptors (Lipinski definition) is 1. The van der Waals surface area contributed by atoms with Crippen molar-refractivity contribution in [1.29, 1.82) is 0 Å².